The summed E-state index contributed by atoms with van der Waals surface area (Å²) in [6.45, 7) is 2.99. The lowest BCUT2D eigenvalue weighted by molar-refractivity contribution is 0.216. The average Bonchev–Trinajstić information content (AvgIpc) is 3.12. The minimum atomic E-state index is 0.473. The third kappa shape index (κ3) is 4.42. The van der Waals surface area contributed by atoms with Gasteiger partial charge in [0.1, 0.15) is 37.4 Å². The first-order valence-electron chi connectivity index (χ1n) is 7.61. The SMILES string of the molecule is Cc1ccccc1OCCOc1cccc(C=Nn2cnnc2)c1. The Bertz CT molecular complexity index is 800. The number of benzene rings is 2. The number of hydrogen-bond donors (Lipinski definition) is 0. The number of ether oxygens (including phenoxy) is 2. The van der Waals surface area contributed by atoms with Gasteiger partial charge in [-0.25, -0.2) is 4.68 Å². The third-order valence-electron chi connectivity index (χ3n) is 3.31. The van der Waals surface area contributed by atoms with Crippen LogP contribution in [-0.4, -0.2) is 34.3 Å². The summed E-state index contributed by atoms with van der Waals surface area (Å²) in [7, 11) is 0. The number of rotatable bonds is 7. The maximum absolute atomic E-state index is 5.73. The monoisotopic (exact) mass is 322 g/mol. The molecule has 0 aliphatic rings. The second-order valence-corrected chi connectivity index (χ2v) is 5.12. The van der Waals surface area contributed by atoms with Gasteiger partial charge in [-0.2, -0.15) is 5.10 Å². The van der Waals surface area contributed by atoms with Gasteiger partial charge in [0.15, 0.2) is 0 Å². The zero-order valence-electron chi connectivity index (χ0n) is 13.4. The van der Waals surface area contributed by atoms with Crippen LogP contribution >= 0.6 is 0 Å². The van der Waals surface area contributed by atoms with E-state index in [0.717, 1.165) is 22.6 Å². The summed E-state index contributed by atoms with van der Waals surface area (Å²) in [4.78, 5) is 0. The van der Waals surface area contributed by atoms with Crippen molar-refractivity contribution < 1.29 is 9.47 Å². The van der Waals surface area contributed by atoms with Crippen molar-refractivity contribution in [3.05, 3.63) is 72.3 Å². The maximum Gasteiger partial charge on any atom is 0.141 e. The van der Waals surface area contributed by atoms with Crippen LogP contribution in [0.25, 0.3) is 0 Å². The predicted molar refractivity (Wildman–Crippen MR) is 91.6 cm³/mol. The zero-order valence-corrected chi connectivity index (χ0v) is 13.4. The Kier molecular flexibility index (Phi) is 5.19. The highest BCUT2D eigenvalue weighted by molar-refractivity contribution is 5.80. The molecule has 3 aromatic rings. The normalized spacial score (nSPS) is 10.9. The van der Waals surface area contributed by atoms with E-state index in [-0.39, 0.29) is 0 Å². The first-order chi connectivity index (χ1) is 11.8. The lowest BCUT2D eigenvalue weighted by atomic mass is 10.2. The molecule has 0 fully saturated rings. The fraction of sp³-hybridized carbons (Fsp3) is 0.167. The molecule has 0 saturated carbocycles. The highest BCUT2D eigenvalue weighted by Crippen LogP contribution is 2.16. The van der Waals surface area contributed by atoms with Gasteiger partial charge in [0, 0.05) is 0 Å². The average molecular weight is 322 g/mol. The van der Waals surface area contributed by atoms with Gasteiger partial charge in [0.05, 0.1) is 6.21 Å². The van der Waals surface area contributed by atoms with Crippen molar-refractivity contribution in [2.45, 2.75) is 6.92 Å². The molecule has 0 aliphatic heterocycles. The van der Waals surface area contributed by atoms with Crippen LogP contribution in [-0.2, 0) is 0 Å². The van der Waals surface area contributed by atoms with E-state index >= 15 is 0 Å². The Hall–Kier alpha value is -3.15. The minimum Gasteiger partial charge on any atom is -0.490 e. The standard InChI is InChI=1S/C18H18N4O2/c1-15-5-2-3-8-18(15)24-10-9-23-17-7-4-6-16(11-17)12-21-22-13-19-20-14-22/h2-8,11-14H,9-10H2,1H3. The topological polar surface area (TPSA) is 61.5 Å². The van der Waals surface area contributed by atoms with Crippen LogP contribution in [0.2, 0.25) is 0 Å². The van der Waals surface area contributed by atoms with E-state index in [1.807, 2.05) is 55.5 Å². The second-order valence-electron chi connectivity index (χ2n) is 5.12. The molecule has 0 bridgehead atoms. The quantitative estimate of drug-likeness (QED) is 0.496. The summed E-state index contributed by atoms with van der Waals surface area (Å²) >= 11 is 0. The fourth-order valence-corrected chi connectivity index (χ4v) is 2.10. The molecule has 0 spiro atoms. The molecular weight excluding hydrogens is 304 g/mol. The van der Waals surface area contributed by atoms with Crippen LogP contribution in [0.3, 0.4) is 0 Å². The number of aryl methyl sites for hydroxylation is 1. The molecule has 0 amide bonds. The molecule has 1 aromatic heterocycles. The van der Waals surface area contributed by atoms with Crippen LogP contribution in [0.1, 0.15) is 11.1 Å². The van der Waals surface area contributed by atoms with Gasteiger partial charge in [-0.3, -0.25) is 0 Å². The summed E-state index contributed by atoms with van der Waals surface area (Å²) in [5, 5.41) is 11.6. The molecule has 0 unspecified atom stereocenters. The number of para-hydroxylation sites is 1. The van der Waals surface area contributed by atoms with Gasteiger partial charge in [-0.05, 0) is 36.2 Å². The highest BCUT2D eigenvalue weighted by atomic mass is 16.5. The van der Waals surface area contributed by atoms with Crippen molar-refractivity contribution in [1.82, 2.24) is 14.9 Å². The highest BCUT2D eigenvalue weighted by Gasteiger charge is 1.99. The molecule has 122 valence electrons. The van der Waals surface area contributed by atoms with E-state index in [0.29, 0.717) is 13.2 Å². The summed E-state index contributed by atoms with van der Waals surface area (Å²) in [5.74, 6) is 1.66. The summed E-state index contributed by atoms with van der Waals surface area (Å²) < 4.78 is 13.0. The number of nitrogens with zero attached hydrogens (tertiary/aromatic N) is 4. The van der Waals surface area contributed by atoms with Gasteiger partial charge in [-0.1, -0.05) is 30.3 Å². The Morgan fingerprint density at radius 2 is 1.79 bits per heavy atom. The molecule has 3 rings (SSSR count). The molecule has 0 radical (unpaired) electrons. The third-order valence-corrected chi connectivity index (χ3v) is 3.31. The van der Waals surface area contributed by atoms with E-state index < -0.39 is 0 Å². The predicted octanol–water partition coefficient (Wildman–Crippen LogP) is 2.93. The van der Waals surface area contributed by atoms with Crippen LogP contribution < -0.4 is 9.47 Å². The Balaban J connectivity index is 1.50. The van der Waals surface area contributed by atoms with Crippen molar-refractivity contribution in [3.8, 4) is 11.5 Å². The molecule has 1 heterocycles. The van der Waals surface area contributed by atoms with Gasteiger partial charge in [0.2, 0.25) is 0 Å². The molecule has 0 aliphatic carbocycles. The van der Waals surface area contributed by atoms with Gasteiger partial charge < -0.3 is 9.47 Å². The maximum atomic E-state index is 5.73. The summed E-state index contributed by atoms with van der Waals surface area (Å²) in [6, 6.07) is 15.6. The summed E-state index contributed by atoms with van der Waals surface area (Å²) in [5.41, 5.74) is 2.05. The Morgan fingerprint density at radius 1 is 1.00 bits per heavy atom. The van der Waals surface area contributed by atoms with Crippen LogP contribution in [0.4, 0.5) is 0 Å². The zero-order chi connectivity index (χ0) is 16.6. The van der Waals surface area contributed by atoms with Gasteiger partial charge in [-0.15, -0.1) is 10.2 Å². The van der Waals surface area contributed by atoms with Crippen LogP contribution in [0, 0.1) is 6.92 Å². The van der Waals surface area contributed by atoms with Crippen molar-refractivity contribution in [2.75, 3.05) is 13.2 Å². The molecule has 6 heteroatoms. The first kappa shape index (κ1) is 15.7. The lowest BCUT2D eigenvalue weighted by Crippen LogP contribution is -2.09. The Morgan fingerprint density at radius 3 is 2.62 bits per heavy atom. The number of aromatic nitrogens is 3. The first-order valence-corrected chi connectivity index (χ1v) is 7.61. The van der Waals surface area contributed by atoms with Crippen molar-refractivity contribution in [2.24, 2.45) is 5.10 Å². The molecule has 0 atom stereocenters. The Labute approximate surface area is 140 Å². The minimum absolute atomic E-state index is 0.473. The molecule has 0 saturated heterocycles. The molecule has 0 N–H and O–H groups in total. The van der Waals surface area contributed by atoms with Crippen molar-refractivity contribution >= 4 is 6.21 Å². The van der Waals surface area contributed by atoms with E-state index in [2.05, 4.69) is 15.3 Å². The van der Waals surface area contributed by atoms with E-state index in [9.17, 15) is 0 Å². The van der Waals surface area contributed by atoms with E-state index in [1.54, 1.807) is 6.21 Å². The van der Waals surface area contributed by atoms with Crippen molar-refractivity contribution in [1.29, 1.82) is 0 Å². The van der Waals surface area contributed by atoms with Gasteiger partial charge in [0.25, 0.3) is 0 Å². The van der Waals surface area contributed by atoms with Crippen molar-refractivity contribution in [3.63, 3.8) is 0 Å². The fourth-order valence-electron chi connectivity index (χ4n) is 2.10. The largest absolute Gasteiger partial charge is 0.490 e. The number of hydrogen-bond acceptors (Lipinski definition) is 5. The molecule has 6 nitrogen and oxygen atoms in total. The second kappa shape index (κ2) is 7.92. The van der Waals surface area contributed by atoms with E-state index in [4.69, 9.17) is 9.47 Å². The van der Waals surface area contributed by atoms with Gasteiger partial charge >= 0.3 is 0 Å². The van der Waals surface area contributed by atoms with Crippen LogP contribution in [0.15, 0.2) is 66.3 Å². The smallest absolute Gasteiger partial charge is 0.141 e. The van der Waals surface area contributed by atoms with Crippen LogP contribution in [0.5, 0.6) is 11.5 Å². The lowest BCUT2D eigenvalue weighted by Gasteiger charge is -2.10. The van der Waals surface area contributed by atoms with E-state index in [1.165, 1.54) is 17.3 Å². The molecular formula is C18H18N4O2. The molecule has 24 heavy (non-hydrogen) atoms. The molecule has 2 aromatic carbocycles. The summed E-state index contributed by atoms with van der Waals surface area (Å²) in [6.07, 6.45) is 4.78.